The molecule has 5 nitrogen and oxygen atoms in total. The van der Waals surface area contributed by atoms with E-state index in [1.54, 1.807) is 30.3 Å². The second kappa shape index (κ2) is 11.6. The van der Waals surface area contributed by atoms with Gasteiger partial charge in [-0.3, -0.25) is 9.59 Å². The number of hydrogen-bond donors (Lipinski definition) is 1. The monoisotopic (exact) mass is 598 g/mol. The van der Waals surface area contributed by atoms with Crippen molar-refractivity contribution in [2.45, 2.75) is 33.1 Å². The topological polar surface area (TPSA) is 72.8 Å². The van der Waals surface area contributed by atoms with E-state index < -0.39 is 5.97 Å². The molecule has 3 aromatic carbocycles. The van der Waals surface area contributed by atoms with Crippen molar-refractivity contribution >= 4 is 43.6 Å². The summed E-state index contributed by atoms with van der Waals surface area (Å²) in [6.45, 7) is 6.01. The number of terminal acetylenes is 1. The van der Waals surface area contributed by atoms with Crippen molar-refractivity contribution in [2.24, 2.45) is 0 Å². The minimum absolute atomic E-state index is 0.0677. The molecule has 35 heavy (non-hydrogen) atoms. The third kappa shape index (κ3) is 6.53. The highest BCUT2D eigenvalue weighted by atomic mass is 79.9. The van der Waals surface area contributed by atoms with Gasteiger partial charge < -0.3 is 14.6 Å². The number of benzene rings is 3. The van der Waals surface area contributed by atoms with E-state index in [-0.39, 0.29) is 24.7 Å². The molecule has 7 heteroatoms. The van der Waals surface area contributed by atoms with Crippen molar-refractivity contribution in [1.29, 1.82) is 0 Å². The Bertz CT molecular complexity index is 1300. The minimum atomic E-state index is -0.937. The van der Waals surface area contributed by atoms with Gasteiger partial charge in [-0.2, -0.15) is 0 Å². The molecule has 0 aromatic heterocycles. The van der Waals surface area contributed by atoms with E-state index in [9.17, 15) is 9.59 Å². The molecule has 0 unspecified atom stereocenters. The van der Waals surface area contributed by atoms with Gasteiger partial charge in [0.25, 0.3) is 0 Å². The summed E-state index contributed by atoms with van der Waals surface area (Å²) in [5, 5.41) is 9.12. The number of hydrogen-bond acceptors (Lipinski definition) is 4. The third-order valence-electron chi connectivity index (χ3n) is 5.20. The van der Waals surface area contributed by atoms with Crippen molar-refractivity contribution in [1.82, 2.24) is 0 Å². The zero-order valence-corrected chi connectivity index (χ0v) is 22.7. The Morgan fingerprint density at radius 3 is 2.31 bits per heavy atom. The molecule has 0 atom stereocenters. The van der Waals surface area contributed by atoms with Crippen LogP contribution in [0.25, 0.3) is 0 Å². The van der Waals surface area contributed by atoms with E-state index in [4.69, 9.17) is 21.0 Å². The van der Waals surface area contributed by atoms with Crippen LogP contribution in [0.2, 0.25) is 0 Å². The predicted octanol–water partition coefficient (Wildman–Crippen LogP) is 7.31. The van der Waals surface area contributed by atoms with Crippen LogP contribution in [-0.4, -0.2) is 23.5 Å². The van der Waals surface area contributed by atoms with Crippen molar-refractivity contribution < 1.29 is 24.2 Å². The van der Waals surface area contributed by atoms with Crippen LogP contribution in [0.3, 0.4) is 0 Å². The maximum Gasteiger partial charge on any atom is 0.307 e. The van der Waals surface area contributed by atoms with Crippen molar-refractivity contribution in [3.8, 4) is 29.6 Å². The number of ketones is 1. The van der Waals surface area contributed by atoms with Crippen LogP contribution in [0.1, 0.15) is 52.4 Å². The van der Waals surface area contributed by atoms with Gasteiger partial charge in [0.15, 0.2) is 11.5 Å². The van der Waals surface area contributed by atoms with Crippen LogP contribution < -0.4 is 9.47 Å². The molecule has 0 radical (unpaired) electrons. The lowest BCUT2D eigenvalue weighted by Gasteiger charge is -2.19. The number of rotatable bonds is 9. The highest BCUT2D eigenvalue weighted by Crippen LogP contribution is 2.42. The average molecular weight is 600 g/mol. The van der Waals surface area contributed by atoms with Crippen LogP contribution >= 0.6 is 31.9 Å². The fraction of sp³-hybridized carbons (Fsp3) is 0.214. The molecule has 0 spiro atoms. The number of halogens is 2. The van der Waals surface area contributed by atoms with Gasteiger partial charge in [0, 0.05) is 11.1 Å². The molecular weight excluding hydrogens is 576 g/mol. The summed E-state index contributed by atoms with van der Waals surface area (Å²) >= 11 is 6.96. The SMILES string of the molecule is C#CCOc1cc(C(=O)c2cccc(C)c2)c(Oc2c(Br)cc(CC(=O)O)cc2Br)cc1C(C)C. The summed E-state index contributed by atoms with van der Waals surface area (Å²) in [7, 11) is 0. The molecule has 0 fully saturated rings. The normalized spacial score (nSPS) is 10.7. The van der Waals surface area contributed by atoms with Gasteiger partial charge in [-0.1, -0.05) is 43.5 Å². The molecule has 0 aliphatic heterocycles. The maximum atomic E-state index is 13.6. The molecule has 0 amide bonds. The van der Waals surface area contributed by atoms with Gasteiger partial charge >= 0.3 is 5.97 Å². The second-order valence-corrected chi connectivity index (χ2v) is 10.0. The average Bonchev–Trinajstić information content (AvgIpc) is 2.79. The molecule has 0 saturated carbocycles. The number of aliphatic carboxylic acids is 1. The standard InChI is InChI=1S/C28H24Br2O5/c1-5-9-34-24-15-21(27(33)19-8-6-7-17(4)10-19)25(14-20(24)16(2)3)35-28-22(29)11-18(12-23(28)30)13-26(31)32/h1,6-8,10-12,14-16H,9,13H2,2-4H3,(H,31,32). The van der Waals surface area contributed by atoms with E-state index in [0.29, 0.717) is 42.9 Å². The van der Waals surface area contributed by atoms with Gasteiger partial charge in [-0.05, 0) is 80.6 Å². The van der Waals surface area contributed by atoms with Gasteiger partial charge in [0.05, 0.1) is 20.9 Å². The number of carbonyl (C=O) groups is 2. The lowest BCUT2D eigenvalue weighted by atomic mass is 9.95. The third-order valence-corrected chi connectivity index (χ3v) is 6.37. The van der Waals surface area contributed by atoms with Crippen LogP contribution in [0.4, 0.5) is 0 Å². The smallest absolute Gasteiger partial charge is 0.307 e. The minimum Gasteiger partial charge on any atom is -0.481 e. The van der Waals surface area contributed by atoms with E-state index in [1.165, 1.54) is 0 Å². The molecule has 0 bridgehead atoms. The molecule has 0 aliphatic carbocycles. The largest absolute Gasteiger partial charge is 0.481 e. The zero-order valence-electron chi connectivity index (χ0n) is 19.5. The molecule has 3 rings (SSSR count). The first-order valence-electron chi connectivity index (χ1n) is 10.8. The zero-order chi connectivity index (χ0) is 25.7. The number of aryl methyl sites for hydroxylation is 1. The van der Waals surface area contributed by atoms with Crippen LogP contribution in [-0.2, 0) is 11.2 Å². The maximum absolute atomic E-state index is 13.6. The van der Waals surface area contributed by atoms with Crippen molar-refractivity contribution in [2.75, 3.05) is 6.61 Å². The van der Waals surface area contributed by atoms with E-state index in [2.05, 4.69) is 37.8 Å². The summed E-state index contributed by atoms with van der Waals surface area (Å²) in [5.74, 6) is 2.67. The summed E-state index contributed by atoms with van der Waals surface area (Å²) in [6.07, 6.45) is 5.27. The van der Waals surface area contributed by atoms with Crippen molar-refractivity contribution in [3.05, 3.63) is 85.3 Å². The van der Waals surface area contributed by atoms with Gasteiger partial charge in [-0.25, -0.2) is 0 Å². The highest BCUT2D eigenvalue weighted by molar-refractivity contribution is 9.11. The predicted molar refractivity (Wildman–Crippen MR) is 143 cm³/mol. The van der Waals surface area contributed by atoms with Gasteiger partial charge in [0.1, 0.15) is 18.1 Å². The van der Waals surface area contributed by atoms with E-state index in [0.717, 1.165) is 11.1 Å². The number of carboxylic acid groups (broad SMARTS) is 1. The molecule has 1 N–H and O–H groups in total. The fourth-order valence-corrected chi connectivity index (χ4v) is 5.01. The Morgan fingerprint density at radius 2 is 1.74 bits per heavy atom. The molecule has 180 valence electrons. The summed E-state index contributed by atoms with van der Waals surface area (Å²) in [5.41, 5.74) is 3.23. The first-order valence-corrected chi connectivity index (χ1v) is 12.4. The lowest BCUT2D eigenvalue weighted by Crippen LogP contribution is -2.08. The Balaban J connectivity index is 2.17. The fourth-order valence-electron chi connectivity index (χ4n) is 3.57. The first kappa shape index (κ1) is 26.5. The van der Waals surface area contributed by atoms with Crippen LogP contribution in [0.5, 0.6) is 17.2 Å². The van der Waals surface area contributed by atoms with Crippen LogP contribution in [0, 0.1) is 19.3 Å². The van der Waals surface area contributed by atoms with E-state index >= 15 is 0 Å². The molecular formula is C28H24Br2O5. The summed E-state index contributed by atoms with van der Waals surface area (Å²) < 4.78 is 13.2. The second-order valence-electron chi connectivity index (χ2n) is 8.29. The van der Waals surface area contributed by atoms with Crippen molar-refractivity contribution in [3.63, 3.8) is 0 Å². The lowest BCUT2D eigenvalue weighted by molar-refractivity contribution is -0.136. The highest BCUT2D eigenvalue weighted by Gasteiger charge is 2.23. The van der Waals surface area contributed by atoms with Crippen LogP contribution in [0.15, 0.2) is 57.5 Å². The molecule has 0 saturated heterocycles. The Hall–Kier alpha value is -3.08. The van der Waals surface area contributed by atoms with Gasteiger partial charge in [-0.15, -0.1) is 6.42 Å². The van der Waals surface area contributed by atoms with Gasteiger partial charge in [0.2, 0.25) is 0 Å². The first-order chi connectivity index (χ1) is 16.6. The number of carbonyl (C=O) groups excluding carboxylic acids is 1. The Morgan fingerprint density at radius 1 is 1.06 bits per heavy atom. The number of ether oxygens (including phenoxy) is 2. The summed E-state index contributed by atoms with van der Waals surface area (Å²) in [4.78, 5) is 24.7. The number of carboxylic acids is 1. The molecule has 3 aromatic rings. The summed E-state index contributed by atoms with van der Waals surface area (Å²) in [6, 6.07) is 14.2. The molecule has 0 aliphatic rings. The quantitative estimate of drug-likeness (QED) is 0.206. The Kier molecular flexibility index (Phi) is 8.76. The van der Waals surface area contributed by atoms with E-state index in [1.807, 2.05) is 39.0 Å². The Labute approximate surface area is 221 Å². The molecule has 0 heterocycles.